The molecular weight excluding hydrogens is 198 g/mol. The number of rotatable bonds is 2. The largest absolute Gasteiger partial charge is 0.270 e. The zero-order chi connectivity index (χ0) is 10.2. The minimum Gasteiger partial charge on any atom is -0.270 e. The van der Waals surface area contributed by atoms with Gasteiger partial charge in [-0.15, -0.1) is 0 Å². The summed E-state index contributed by atoms with van der Waals surface area (Å²) in [4.78, 5) is 0. The van der Waals surface area contributed by atoms with E-state index in [1.807, 2.05) is 24.3 Å². The van der Waals surface area contributed by atoms with Crippen molar-refractivity contribution in [2.24, 2.45) is 0 Å². The summed E-state index contributed by atoms with van der Waals surface area (Å²) in [7, 11) is -3.08. The highest BCUT2D eigenvalue weighted by Crippen LogP contribution is 2.29. The summed E-state index contributed by atoms with van der Waals surface area (Å²) < 4.78 is 24.9. The molecule has 0 amide bonds. The normalized spacial score (nSPS) is 15.6. The van der Waals surface area contributed by atoms with E-state index in [-0.39, 0.29) is 5.75 Å². The molecule has 0 fully saturated rings. The third kappa shape index (κ3) is 1.39. The zero-order valence-corrected chi connectivity index (χ0v) is 8.92. The van der Waals surface area contributed by atoms with Gasteiger partial charge in [-0.1, -0.05) is 18.2 Å². The van der Waals surface area contributed by atoms with Crippen molar-refractivity contribution in [3.8, 4) is 0 Å². The second kappa shape index (κ2) is 3.28. The Kier molecular flexibility index (Phi) is 2.23. The van der Waals surface area contributed by atoms with Gasteiger partial charge >= 0.3 is 0 Å². The van der Waals surface area contributed by atoms with Crippen LogP contribution in [0.15, 0.2) is 24.3 Å². The lowest BCUT2D eigenvalue weighted by molar-refractivity contribution is 0.593. The van der Waals surface area contributed by atoms with Crippen molar-refractivity contribution in [2.45, 2.75) is 13.3 Å². The number of hydrogen-bond donors (Lipinski definition) is 0. The Morgan fingerprint density at radius 1 is 1.36 bits per heavy atom. The van der Waals surface area contributed by atoms with Gasteiger partial charge in [-0.3, -0.25) is 4.31 Å². The van der Waals surface area contributed by atoms with Crippen molar-refractivity contribution >= 4 is 15.7 Å². The van der Waals surface area contributed by atoms with E-state index in [0.717, 1.165) is 17.7 Å². The van der Waals surface area contributed by atoms with Crippen LogP contribution in [0.4, 0.5) is 5.69 Å². The van der Waals surface area contributed by atoms with Crippen LogP contribution in [-0.4, -0.2) is 20.7 Å². The van der Waals surface area contributed by atoms with E-state index in [2.05, 4.69) is 0 Å². The summed E-state index contributed by atoms with van der Waals surface area (Å²) in [5.41, 5.74) is 1.99. The van der Waals surface area contributed by atoms with E-state index in [9.17, 15) is 8.42 Å². The second-order valence-corrected chi connectivity index (χ2v) is 5.53. The maximum Gasteiger partial charge on any atom is 0.234 e. The fourth-order valence-corrected chi connectivity index (χ4v) is 2.91. The van der Waals surface area contributed by atoms with Crippen molar-refractivity contribution in [3.63, 3.8) is 0 Å². The van der Waals surface area contributed by atoms with Gasteiger partial charge < -0.3 is 0 Å². The molecule has 14 heavy (non-hydrogen) atoms. The first-order valence-corrected chi connectivity index (χ1v) is 6.34. The highest BCUT2D eigenvalue weighted by atomic mass is 32.2. The van der Waals surface area contributed by atoms with Crippen LogP contribution >= 0.6 is 0 Å². The van der Waals surface area contributed by atoms with Crippen molar-refractivity contribution in [2.75, 3.05) is 16.6 Å². The second-order valence-electron chi connectivity index (χ2n) is 3.35. The predicted molar refractivity (Wildman–Crippen MR) is 57.0 cm³/mol. The molecule has 3 nitrogen and oxygen atoms in total. The lowest BCUT2D eigenvalue weighted by atomic mass is 10.2. The molecule has 0 saturated heterocycles. The van der Waals surface area contributed by atoms with Crippen LogP contribution in [0.2, 0.25) is 0 Å². The topological polar surface area (TPSA) is 37.4 Å². The van der Waals surface area contributed by atoms with E-state index in [4.69, 9.17) is 0 Å². The molecule has 0 aliphatic carbocycles. The minimum atomic E-state index is -3.08. The van der Waals surface area contributed by atoms with Crippen LogP contribution in [0, 0.1) is 0 Å². The molecule has 0 bridgehead atoms. The molecule has 76 valence electrons. The highest BCUT2D eigenvalue weighted by molar-refractivity contribution is 7.92. The van der Waals surface area contributed by atoms with E-state index in [1.54, 1.807) is 6.92 Å². The molecule has 0 atom stereocenters. The third-order valence-corrected chi connectivity index (χ3v) is 4.33. The Balaban J connectivity index is 2.45. The van der Waals surface area contributed by atoms with Crippen LogP contribution in [0.25, 0.3) is 0 Å². The molecule has 1 aromatic carbocycles. The van der Waals surface area contributed by atoms with Gasteiger partial charge in [0.25, 0.3) is 0 Å². The van der Waals surface area contributed by atoms with Gasteiger partial charge in [0, 0.05) is 6.54 Å². The Hall–Kier alpha value is -1.03. The number of anilines is 1. The maximum atomic E-state index is 11.7. The molecule has 2 rings (SSSR count). The average Bonchev–Trinajstić information content (AvgIpc) is 2.61. The quantitative estimate of drug-likeness (QED) is 0.741. The van der Waals surface area contributed by atoms with Gasteiger partial charge in [0.2, 0.25) is 10.0 Å². The molecular formula is C10H13NO2S. The molecule has 1 aromatic rings. The van der Waals surface area contributed by atoms with Gasteiger partial charge in [0.05, 0.1) is 11.4 Å². The molecule has 0 unspecified atom stereocenters. The molecule has 4 heteroatoms. The van der Waals surface area contributed by atoms with Crippen LogP contribution in [-0.2, 0) is 16.4 Å². The van der Waals surface area contributed by atoms with Gasteiger partial charge in [-0.25, -0.2) is 8.42 Å². The number of sulfonamides is 1. The van der Waals surface area contributed by atoms with Gasteiger partial charge in [0.15, 0.2) is 0 Å². The van der Waals surface area contributed by atoms with Crippen LogP contribution in [0.5, 0.6) is 0 Å². The standard InChI is InChI=1S/C10H13NO2S/c1-2-14(12,13)11-8-7-9-5-3-4-6-10(9)11/h3-6H,2,7-8H2,1H3. The molecule has 1 heterocycles. The SMILES string of the molecule is CCS(=O)(=O)N1CCc2ccccc21. The van der Waals surface area contributed by atoms with Crippen LogP contribution in [0.1, 0.15) is 12.5 Å². The van der Waals surface area contributed by atoms with Crippen molar-refractivity contribution < 1.29 is 8.42 Å². The smallest absolute Gasteiger partial charge is 0.234 e. The monoisotopic (exact) mass is 211 g/mol. The summed E-state index contributed by atoms with van der Waals surface area (Å²) in [5.74, 6) is 0.168. The number of fused-ring (bicyclic) bond motifs is 1. The summed E-state index contributed by atoms with van der Waals surface area (Å²) in [5, 5.41) is 0. The van der Waals surface area contributed by atoms with Crippen LogP contribution in [0.3, 0.4) is 0 Å². The van der Waals surface area contributed by atoms with E-state index >= 15 is 0 Å². The van der Waals surface area contributed by atoms with Gasteiger partial charge in [0.1, 0.15) is 0 Å². The summed E-state index contributed by atoms with van der Waals surface area (Å²) in [6.07, 6.45) is 0.829. The Morgan fingerprint density at radius 2 is 2.07 bits per heavy atom. The first-order chi connectivity index (χ1) is 6.65. The zero-order valence-electron chi connectivity index (χ0n) is 8.10. The van der Waals surface area contributed by atoms with E-state index in [0.29, 0.717) is 6.54 Å². The van der Waals surface area contributed by atoms with Gasteiger partial charge in [-0.2, -0.15) is 0 Å². The predicted octanol–water partition coefficient (Wildman–Crippen LogP) is 1.40. The first-order valence-electron chi connectivity index (χ1n) is 4.73. The number of hydrogen-bond acceptors (Lipinski definition) is 2. The Morgan fingerprint density at radius 3 is 2.79 bits per heavy atom. The first kappa shape index (κ1) is 9.52. The minimum absolute atomic E-state index is 0.168. The fraction of sp³-hybridized carbons (Fsp3) is 0.400. The van der Waals surface area contributed by atoms with E-state index in [1.165, 1.54) is 4.31 Å². The van der Waals surface area contributed by atoms with Crippen molar-refractivity contribution in [3.05, 3.63) is 29.8 Å². The third-order valence-electron chi connectivity index (χ3n) is 2.55. The van der Waals surface area contributed by atoms with Crippen molar-refractivity contribution in [1.29, 1.82) is 0 Å². The molecule has 0 saturated carbocycles. The molecule has 0 aromatic heterocycles. The number of benzene rings is 1. The molecule has 0 spiro atoms. The number of nitrogens with zero attached hydrogens (tertiary/aromatic N) is 1. The maximum absolute atomic E-state index is 11.7. The summed E-state index contributed by atoms with van der Waals surface area (Å²) in [6, 6.07) is 7.68. The fourth-order valence-electron chi connectivity index (χ4n) is 1.75. The van der Waals surface area contributed by atoms with Crippen molar-refractivity contribution in [1.82, 2.24) is 0 Å². The Labute approximate surface area is 84.4 Å². The number of para-hydroxylation sites is 1. The van der Waals surface area contributed by atoms with Crippen LogP contribution < -0.4 is 4.31 Å². The Bertz CT molecular complexity index is 439. The lowest BCUT2D eigenvalue weighted by Gasteiger charge is -2.17. The van der Waals surface area contributed by atoms with Gasteiger partial charge in [-0.05, 0) is 25.0 Å². The average molecular weight is 211 g/mol. The molecule has 0 N–H and O–H groups in total. The summed E-state index contributed by atoms with van der Waals surface area (Å²) >= 11 is 0. The molecule has 1 aliphatic heterocycles. The summed E-state index contributed by atoms with van der Waals surface area (Å²) in [6.45, 7) is 2.27. The highest BCUT2D eigenvalue weighted by Gasteiger charge is 2.27. The lowest BCUT2D eigenvalue weighted by Crippen LogP contribution is -2.30. The molecule has 1 aliphatic rings. The van der Waals surface area contributed by atoms with E-state index < -0.39 is 10.0 Å². The molecule has 0 radical (unpaired) electrons.